The fourth-order valence-corrected chi connectivity index (χ4v) is 3.11. The summed E-state index contributed by atoms with van der Waals surface area (Å²) in [5.74, 6) is 3.61. The van der Waals surface area contributed by atoms with Gasteiger partial charge in [0.25, 0.3) is 0 Å². The number of fused-ring (bicyclic) bond motifs is 1. The van der Waals surface area contributed by atoms with Crippen molar-refractivity contribution in [2.24, 2.45) is 5.92 Å². The molecule has 1 fully saturated rings. The molecule has 0 aliphatic carbocycles. The first kappa shape index (κ1) is 13.2. The fraction of sp³-hybridized carbons (Fsp3) is 0.467. The molecule has 1 saturated heterocycles. The van der Waals surface area contributed by atoms with Crippen LogP contribution in [-0.4, -0.2) is 42.2 Å². The number of anilines is 1. The van der Waals surface area contributed by atoms with Gasteiger partial charge in [-0.1, -0.05) is 6.92 Å². The molecule has 4 rings (SSSR count). The highest BCUT2D eigenvalue weighted by atomic mass is 15.3. The van der Waals surface area contributed by atoms with Crippen LogP contribution in [0.4, 0.5) is 5.82 Å². The smallest absolute Gasteiger partial charge is 0.203 e. The van der Waals surface area contributed by atoms with Crippen molar-refractivity contribution in [3.63, 3.8) is 0 Å². The molecule has 4 heterocycles. The Hall–Kier alpha value is -2.44. The van der Waals surface area contributed by atoms with Crippen LogP contribution in [0.3, 0.4) is 0 Å². The Morgan fingerprint density at radius 3 is 2.77 bits per heavy atom. The Morgan fingerprint density at radius 1 is 1.14 bits per heavy atom. The molecule has 0 bridgehead atoms. The van der Waals surface area contributed by atoms with E-state index in [1.165, 1.54) is 0 Å². The Morgan fingerprint density at radius 2 is 1.95 bits per heavy atom. The molecule has 7 heteroatoms. The summed E-state index contributed by atoms with van der Waals surface area (Å²) < 4.78 is 4.25. The molecule has 0 amide bonds. The third-order valence-electron chi connectivity index (χ3n) is 4.31. The summed E-state index contributed by atoms with van der Waals surface area (Å²) in [5, 5.41) is 8.38. The van der Waals surface area contributed by atoms with E-state index in [1.54, 1.807) is 0 Å². The van der Waals surface area contributed by atoms with Crippen LogP contribution in [0.25, 0.3) is 5.65 Å². The van der Waals surface area contributed by atoms with Gasteiger partial charge in [0.2, 0.25) is 5.65 Å². The molecule has 22 heavy (non-hydrogen) atoms. The van der Waals surface area contributed by atoms with E-state index in [2.05, 4.69) is 42.8 Å². The molecular weight excluding hydrogens is 278 g/mol. The zero-order chi connectivity index (χ0) is 15.1. The molecular formula is C15H19N7. The number of rotatable bonds is 4. The molecule has 1 aliphatic rings. The second-order valence-electron chi connectivity index (χ2n) is 5.81. The predicted octanol–water partition coefficient (Wildman–Crippen LogP) is 1.33. The van der Waals surface area contributed by atoms with Crippen LogP contribution in [0.2, 0.25) is 0 Å². The third kappa shape index (κ3) is 2.04. The second kappa shape index (κ2) is 5.08. The van der Waals surface area contributed by atoms with Gasteiger partial charge < -0.3 is 9.47 Å². The molecule has 0 spiro atoms. The first-order valence-corrected chi connectivity index (χ1v) is 7.67. The van der Waals surface area contributed by atoms with Crippen LogP contribution in [0.15, 0.2) is 24.8 Å². The average Bonchev–Trinajstić information content (AvgIpc) is 3.09. The Balaban J connectivity index is 1.48. The summed E-state index contributed by atoms with van der Waals surface area (Å²) in [6.45, 7) is 7.12. The minimum Gasteiger partial charge on any atom is -0.353 e. The zero-order valence-electron chi connectivity index (χ0n) is 12.8. The van der Waals surface area contributed by atoms with Gasteiger partial charge >= 0.3 is 0 Å². The molecule has 114 valence electrons. The number of nitrogens with zero attached hydrogens (tertiary/aromatic N) is 7. The molecule has 7 nitrogen and oxygen atoms in total. The standard InChI is InChI=1S/C15H19N7/c1-3-13-16-4-6-20(13)8-12-9-21(10-12)14-15-19-18-11(2)22(15)7-5-17-14/h4-7,12H,3,8-10H2,1-2H3. The molecule has 0 radical (unpaired) electrons. The number of aryl methyl sites for hydroxylation is 2. The first-order chi connectivity index (χ1) is 10.8. The average molecular weight is 297 g/mol. The van der Waals surface area contributed by atoms with Gasteiger partial charge in [-0.15, -0.1) is 10.2 Å². The quantitative estimate of drug-likeness (QED) is 0.727. The van der Waals surface area contributed by atoms with Crippen LogP contribution >= 0.6 is 0 Å². The Labute approximate surface area is 128 Å². The number of aromatic nitrogens is 6. The monoisotopic (exact) mass is 297 g/mol. The van der Waals surface area contributed by atoms with E-state index in [0.717, 1.165) is 49.2 Å². The minimum absolute atomic E-state index is 0.630. The topological polar surface area (TPSA) is 64.1 Å². The van der Waals surface area contributed by atoms with Gasteiger partial charge in [-0.3, -0.25) is 4.40 Å². The van der Waals surface area contributed by atoms with Crippen molar-refractivity contribution in [3.05, 3.63) is 36.4 Å². The van der Waals surface area contributed by atoms with E-state index in [0.29, 0.717) is 5.92 Å². The maximum atomic E-state index is 4.49. The predicted molar refractivity (Wildman–Crippen MR) is 82.8 cm³/mol. The van der Waals surface area contributed by atoms with Crippen LogP contribution < -0.4 is 4.90 Å². The van der Waals surface area contributed by atoms with Gasteiger partial charge in [0.1, 0.15) is 11.6 Å². The molecule has 3 aromatic rings. The van der Waals surface area contributed by atoms with Crippen molar-refractivity contribution in [2.75, 3.05) is 18.0 Å². The normalized spacial score (nSPS) is 15.5. The van der Waals surface area contributed by atoms with Crippen molar-refractivity contribution in [3.8, 4) is 0 Å². The lowest BCUT2D eigenvalue weighted by atomic mass is 10.00. The maximum Gasteiger partial charge on any atom is 0.203 e. The maximum absolute atomic E-state index is 4.49. The minimum atomic E-state index is 0.630. The highest BCUT2D eigenvalue weighted by Gasteiger charge is 2.30. The number of imidazole rings is 1. The van der Waals surface area contributed by atoms with E-state index in [4.69, 9.17) is 0 Å². The second-order valence-corrected chi connectivity index (χ2v) is 5.81. The first-order valence-electron chi connectivity index (χ1n) is 7.67. The van der Waals surface area contributed by atoms with E-state index in [-0.39, 0.29) is 0 Å². The lowest BCUT2D eigenvalue weighted by Crippen LogP contribution is -2.49. The Kier molecular flexibility index (Phi) is 3.06. The molecule has 0 atom stereocenters. The van der Waals surface area contributed by atoms with Crippen molar-refractivity contribution >= 4 is 11.5 Å². The highest BCUT2D eigenvalue weighted by molar-refractivity contribution is 5.64. The Bertz CT molecular complexity index is 797. The van der Waals surface area contributed by atoms with E-state index < -0.39 is 0 Å². The van der Waals surface area contributed by atoms with Gasteiger partial charge in [-0.25, -0.2) is 9.97 Å². The molecule has 0 unspecified atom stereocenters. The van der Waals surface area contributed by atoms with Gasteiger partial charge in [0, 0.05) is 56.8 Å². The van der Waals surface area contributed by atoms with Crippen LogP contribution in [-0.2, 0) is 13.0 Å². The lowest BCUT2D eigenvalue weighted by Gasteiger charge is -2.40. The van der Waals surface area contributed by atoms with Gasteiger partial charge in [0.05, 0.1) is 0 Å². The van der Waals surface area contributed by atoms with Crippen molar-refractivity contribution in [1.82, 2.24) is 29.1 Å². The van der Waals surface area contributed by atoms with Crippen LogP contribution in [0.5, 0.6) is 0 Å². The van der Waals surface area contributed by atoms with Crippen molar-refractivity contribution < 1.29 is 0 Å². The summed E-state index contributed by atoms with van der Waals surface area (Å²) in [6.07, 6.45) is 8.66. The van der Waals surface area contributed by atoms with Crippen molar-refractivity contribution in [2.45, 2.75) is 26.8 Å². The SMILES string of the molecule is CCc1nccn1CC1CN(c2nccn3c(C)nnc23)C1. The third-order valence-corrected chi connectivity index (χ3v) is 4.31. The highest BCUT2D eigenvalue weighted by Crippen LogP contribution is 2.27. The molecule has 0 aromatic carbocycles. The van der Waals surface area contributed by atoms with Crippen LogP contribution in [0.1, 0.15) is 18.6 Å². The summed E-state index contributed by atoms with van der Waals surface area (Å²) in [4.78, 5) is 11.1. The van der Waals surface area contributed by atoms with Crippen LogP contribution in [0, 0.1) is 12.8 Å². The van der Waals surface area contributed by atoms with E-state index in [9.17, 15) is 0 Å². The largest absolute Gasteiger partial charge is 0.353 e. The summed E-state index contributed by atoms with van der Waals surface area (Å²) in [6, 6.07) is 0. The van der Waals surface area contributed by atoms with E-state index >= 15 is 0 Å². The zero-order valence-corrected chi connectivity index (χ0v) is 12.8. The number of hydrogen-bond donors (Lipinski definition) is 0. The van der Waals surface area contributed by atoms with Gasteiger partial charge in [-0.05, 0) is 6.92 Å². The lowest BCUT2D eigenvalue weighted by molar-refractivity contribution is 0.351. The molecule has 1 aliphatic heterocycles. The summed E-state index contributed by atoms with van der Waals surface area (Å²) in [5.41, 5.74) is 0.843. The summed E-state index contributed by atoms with van der Waals surface area (Å²) >= 11 is 0. The van der Waals surface area contributed by atoms with E-state index in [1.807, 2.05) is 29.9 Å². The molecule has 3 aromatic heterocycles. The fourth-order valence-electron chi connectivity index (χ4n) is 3.11. The van der Waals surface area contributed by atoms with Gasteiger partial charge in [0.15, 0.2) is 5.82 Å². The molecule has 0 saturated carbocycles. The summed E-state index contributed by atoms with van der Waals surface area (Å²) in [7, 11) is 0. The number of hydrogen-bond acceptors (Lipinski definition) is 5. The molecule has 0 N–H and O–H groups in total. The van der Waals surface area contributed by atoms with Gasteiger partial charge in [-0.2, -0.15) is 0 Å². The van der Waals surface area contributed by atoms with Crippen molar-refractivity contribution in [1.29, 1.82) is 0 Å².